The van der Waals surface area contributed by atoms with Crippen molar-refractivity contribution in [2.75, 3.05) is 20.2 Å². The maximum absolute atomic E-state index is 11.5. The number of carbonyl (C=O) groups excluding carboxylic acids is 2. The van der Waals surface area contributed by atoms with Crippen molar-refractivity contribution < 1.29 is 14.3 Å². The van der Waals surface area contributed by atoms with Gasteiger partial charge in [0.15, 0.2) is 0 Å². The van der Waals surface area contributed by atoms with Crippen molar-refractivity contribution in [3.63, 3.8) is 0 Å². The molecule has 0 saturated carbocycles. The molecule has 1 amide bonds. The summed E-state index contributed by atoms with van der Waals surface area (Å²) < 4.78 is 4.51. The second-order valence-electron chi connectivity index (χ2n) is 3.44. The van der Waals surface area contributed by atoms with Gasteiger partial charge in [0.25, 0.3) is 0 Å². The maximum Gasteiger partial charge on any atom is 0.328 e. The molecule has 0 radical (unpaired) electrons. The zero-order chi connectivity index (χ0) is 10.6. The Labute approximate surface area is 95.3 Å². The van der Waals surface area contributed by atoms with E-state index in [-0.39, 0.29) is 24.2 Å². The molecular formula is C9H17ClN2O3. The minimum Gasteiger partial charge on any atom is -0.467 e. The van der Waals surface area contributed by atoms with E-state index < -0.39 is 12.0 Å². The van der Waals surface area contributed by atoms with E-state index in [1.807, 2.05) is 0 Å². The monoisotopic (exact) mass is 236 g/mol. The SMILES string of the molecule is COC(=O)[C@H](C)NC(=O)C1CCNC1.Cl. The van der Waals surface area contributed by atoms with Gasteiger partial charge in [0.05, 0.1) is 13.0 Å². The molecule has 6 heteroatoms. The molecule has 1 fully saturated rings. The highest BCUT2D eigenvalue weighted by atomic mass is 35.5. The van der Waals surface area contributed by atoms with E-state index in [2.05, 4.69) is 15.4 Å². The Morgan fingerprint density at radius 2 is 2.20 bits per heavy atom. The van der Waals surface area contributed by atoms with Crippen molar-refractivity contribution in [3.05, 3.63) is 0 Å². The van der Waals surface area contributed by atoms with Crippen molar-refractivity contribution in [3.8, 4) is 0 Å². The lowest BCUT2D eigenvalue weighted by atomic mass is 10.1. The fraction of sp³-hybridized carbons (Fsp3) is 0.778. The molecule has 1 aliphatic rings. The smallest absolute Gasteiger partial charge is 0.328 e. The Kier molecular flexibility index (Phi) is 6.27. The number of nitrogens with one attached hydrogen (secondary N) is 2. The van der Waals surface area contributed by atoms with Crippen molar-refractivity contribution >= 4 is 24.3 Å². The third kappa shape index (κ3) is 4.05. The van der Waals surface area contributed by atoms with Gasteiger partial charge in [-0.05, 0) is 19.9 Å². The van der Waals surface area contributed by atoms with E-state index in [4.69, 9.17) is 0 Å². The zero-order valence-corrected chi connectivity index (χ0v) is 9.73. The second kappa shape index (κ2) is 6.63. The van der Waals surface area contributed by atoms with Crippen LogP contribution in [0.2, 0.25) is 0 Å². The first-order chi connectivity index (χ1) is 6.65. The minimum absolute atomic E-state index is 0. The fourth-order valence-electron chi connectivity index (χ4n) is 1.45. The number of amides is 1. The quantitative estimate of drug-likeness (QED) is 0.660. The molecule has 0 aromatic rings. The van der Waals surface area contributed by atoms with E-state index in [1.165, 1.54) is 7.11 Å². The molecule has 1 unspecified atom stereocenters. The van der Waals surface area contributed by atoms with E-state index in [9.17, 15) is 9.59 Å². The summed E-state index contributed by atoms with van der Waals surface area (Å²) in [5.74, 6) is -0.501. The van der Waals surface area contributed by atoms with Gasteiger partial charge in [-0.15, -0.1) is 12.4 Å². The van der Waals surface area contributed by atoms with Crippen molar-refractivity contribution in [2.45, 2.75) is 19.4 Å². The van der Waals surface area contributed by atoms with Gasteiger partial charge in [-0.3, -0.25) is 4.79 Å². The average molecular weight is 237 g/mol. The minimum atomic E-state index is -0.562. The number of hydrogen-bond donors (Lipinski definition) is 2. The zero-order valence-electron chi connectivity index (χ0n) is 8.91. The van der Waals surface area contributed by atoms with Crippen LogP contribution < -0.4 is 10.6 Å². The lowest BCUT2D eigenvalue weighted by Crippen LogP contribution is -2.42. The largest absolute Gasteiger partial charge is 0.467 e. The molecule has 1 heterocycles. The van der Waals surface area contributed by atoms with E-state index in [0.717, 1.165) is 13.0 Å². The summed E-state index contributed by atoms with van der Waals surface area (Å²) in [5.41, 5.74) is 0. The van der Waals surface area contributed by atoms with Crippen molar-refractivity contribution in [2.24, 2.45) is 5.92 Å². The molecule has 0 aromatic heterocycles. The van der Waals surface area contributed by atoms with Gasteiger partial charge in [0.1, 0.15) is 6.04 Å². The van der Waals surface area contributed by atoms with Gasteiger partial charge >= 0.3 is 5.97 Å². The molecule has 0 aromatic carbocycles. The lowest BCUT2D eigenvalue weighted by Gasteiger charge is -2.14. The van der Waals surface area contributed by atoms with Crippen molar-refractivity contribution in [1.29, 1.82) is 0 Å². The van der Waals surface area contributed by atoms with Crippen LogP contribution in [0.5, 0.6) is 0 Å². The summed E-state index contributed by atoms with van der Waals surface area (Å²) in [5, 5.41) is 5.71. The van der Waals surface area contributed by atoms with Crippen LogP contribution in [-0.2, 0) is 14.3 Å². The van der Waals surface area contributed by atoms with Crippen LogP contribution >= 0.6 is 12.4 Å². The molecule has 2 N–H and O–H groups in total. The third-order valence-electron chi connectivity index (χ3n) is 2.34. The average Bonchev–Trinajstić information content (AvgIpc) is 2.69. The molecule has 0 spiro atoms. The van der Waals surface area contributed by atoms with Gasteiger partial charge in [-0.25, -0.2) is 4.79 Å². The van der Waals surface area contributed by atoms with Crippen LogP contribution in [0, 0.1) is 5.92 Å². The molecule has 15 heavy (non-hydrogen) atoms. The molecule has 0 aliphatic carbocycles. The maximum atomic E-state index is 11.5. The van der Waals surface area contributed by atoms with Gasteiger partial charge in [-0.2, -0.15) is 0 Å². The third-order valence-corrected chi connectivity index (χ3v) is 2.34. The van der Waals surface area contributed by atoms with E-state index >= 15 is 0 Å². The molecule has 1 rings (SSSR count). The number of carbonyl (C=O) groups is 2. The number of esters is 1. The number of rotatable bonds is 3. The second-order valence-corrected chi connectivity index (χ2v) is 3.44. The predicted octanol–water partition coefficient (Wildman–Crippen LogP) is -0.305. The molecule has 1 aliphatic heterocycles. The van der Waals surface area contributed by atoms with E-state index in [1.54, 1.807) is 6.92 Å². The Morgan fingerprint density at radius 1 is 1.53 bits per heavy atom. The van der Waals surface area contributed by atoms with Crippen LogP contribution in [0.25, 0.3) is 0 Å². The number of hydrogen-bond acceptors (Lipinski definition) is 4. The normalized spacial score (nSPS) is 21.3. The Bertz CT molecular complexity index is 229. The first-order valence-corrected chi connectivity index (χ1v) is 4.74. The summed E-state index contributed by atoms with van der Waals surface area (Å²) in [6, 6.07) is -0.562. The summed E-state index contributed by atoms with van der Waals surface area (Å²) in [6.07, 6.45) is 0.833. The Hall–Kier alpha value is -0.810. The highest BCUT2D eigenvalue weighted by Gasteiger charge is 2.25. The summed E-state index contributed by atoms with van der Waals surface area (Å²) in [6.45, 7) is 3.18. The molecular weight excluding hydrogens is 220 g/mol. The molecule has 5 nitrogen and oxygen atoms in total. The molecule has 2 atom stereocenters. The Morgan fingerprint density at radius 3 is 2.67 bits per heavy atom. The topological polar surface area (TPSA) is 67.4 Å². The standard InChI is InChI=1S/C9H16N2O3.ClH/c1-6(9(13)14-2)11-8(12)7-3-4-10-5-7;/h6-7,10H,3-5H2,1-2H3,(H,11,12);1H/t6-,7?;/m0./s1. The molecule has 88 valence electrons. The number of methoxy groups -OCH3 is 1. The molecule has 1 saturated heterocycles. The van der Waals surface area contributed by atoms with Crippen LogP contribution in [0.4, 0.5) is 0 Å². The number of ether oxygens (including phenoxy) is 1. The lowest BCUT2D eigenvalue weighted by molar-refractivity contribution is -0.144. The summed E-state index contributed by atoms with van der Waals surface area (Å²) in [4.78, 5) is 22.5. The van der Waals surface area contributed by atoms with Crippen LogP contribution in [0.15, 0.2) is 0 Å². The first-order valence-electron chi connectivity index (χ1n) is 4.74. The van der Waals surface area contributed by atoms with E-state index in [0.29, 0.717) is 6.54 Å². The predicted molar refractivity (Wildman–Crippen MR) is 57.8 cm³/mol. The highest BCUT2D eigenvalue weighted by molar-refractivity contribution is 5.86. The van der Waals surface area contributed by atoms with Crippen molar-refractivity contribution in [1.82, 2.24) is 10.6 Å². The molecule has 0 bridgehead atoms. The first kappa shape index (κ1) is 14.2. The van der Waals surface area contributed by atoms with Gasteiger partial charge < -0.3 is 15.4 Å². The van der Waals surface area contributed by atoms with Crippen LogP contribution in [-0.4, -0.2) is 38.1 Å². The van der Waals surface area contributed by atoms with Gasteiger partial charge in [0, 0.05) is 6.54 Å². The van der Waals surface area contributed by atoms with Gasteiger partial charge in [0.2, 0.25) is 5.91 Å². The summed E-state index contributed by atoms with van der Waals surface area (Å²) >= 11 is 0. The Balaban J connectivity index is 0.00000196. The summed E-state index contributed by atoms with van der Waals surface area (Å²) in [7, 11) is 1.31. The van der Waals surface area contributed by atoms with Gasteiger partial charge in [-0.1, -0.05) is 0 Å². The number of halogens is 1. The van der Waals surface area contributed by atoms with Crippen LogP contribution in [0.3, 0.4) is 0 Å². The fourth-order valence-corrected chi connectivity index (χ4v) is 1.45. The van der Waals surface area contributed by atoms with Crippen LogP contribution in [0.1, 0.15) is 13.3 Å². The highest BCUT2D eigenvalue weighted by Crippen LogP contribution is 2.07.